The van der Waals surface area contributed by atoms with Crippen molar-refractivity contribution in [3.63, 3.8) is 0 Å². The Morgan fingerprint density at radius 2 is 2.17 bits per heavy atom. The van der Waals surface area contributed by atoms with Gasteiger partial charge in [-0.15, -0.1) is 0 Å². The van der Waals surface area contributed by atoms with Gasteiger partial charge in [0.15, 0.2) is 0 Å². The molecule has 1 saturated heterocycles. The Kier molecular flexibility index (Phi) is 6.87. The lowest BCUT2D eigenvalue weighted by atomic mass is 10.1. The van der Waals surface area contributed by atoms with Crippen LogP contribution < -0.4 is 9.64 Å². The highest BCUT2D eigenvalue weighted by atomic mass is 35.5. The molecule has 7 nitrogen and oxygen atoms in total. The molecule has 1 amide bonds. The fourth-order valence-corrected chi connectivity index (χ4v) is 3.16. The number of hydrogen-bond donors (Lipinski definition) is 0. The minimum absolute atomic E-state index is 0.00123. The normalized spacial score (nSPS) is 15.7. The Morgan fingerprint density at radius 1 is 1.41 bits per heavy atom. The zero-order valence-corrected chi connectivity index (χ0v) is 17.0. The van der Waals surface area contributed by atoms with Crippen LogP contribution in [-0.4, -0.2) is 47.7 Å². The quantitative estimate of drug-likeness (QED) is 0.499. The summed E-state index contributed by atoms with van der Waals surface area (Å²) in [6.07, 6.45) is 7.28. The number of aromatic nitrogens is 2. The largest absolute Gasteiger partial charge is 0.489 e. The Morgan fingerprint density at radius 3 is 2.86 bits per heavy atom. The molecule has 2 heterocycles. The van der Waals surface area contributed by atoms with Crippen LogP contribution in [0.3, 0.4) is 0 Å². The van der Waals surface area contributed by atoms with Crippen LogP contribution in [0.25, 0.3) is 5.57 Å². The Bertz CT molecular complexity index is 907. The van der Waals surface area contributed by atoms with E-state index in [9.17, 15) is 9.18 Å². The van der Waals surface area contributed by atoms with E-state index in [4.69, 9.17) is 20.9 Å². The summed E-state index contributed by atoms with van der Waals surface area (Å²) >= 11 is 5.96. The van der Waals surface area contributed by atoms with Gasteiger partial charge in [0.25, 0.3) is 11.8 Å². The minimum Gasteiger partial charge on any atom is -0.489 e. The average molecular weight is 421 g/mol. The molecular weight excluding hydrogens is 399 g/mol. The topological polar surface area (TPSA) is 71.7 Å². The van der Waals surface area contributed by atoms with E-state index < -0.39 is 5.82 Å². The smallest absolute Gasteiger partial charge is 0.266 e. The molecule has 0 bridgehead atoms. The molecule has 0 radical (unpaired) electrons. The van der Waals surface area contributed by atoms with Crippen molar-refractivity contribution in [3.8, 4) is 5.75 Å². The zero-order chi connectivity index (χ0) is 20.8. The molecule has 0 spiro atoms. The lowest BCUT2D eigenvalue weighted by Gasteiger charge is -2.31. The van der Waals surface area contributed by atoms with Gasteiger partial charge in [-0.25, -0.2) is 4.39 Å². The van der Waals surface area contributed by atoms with Crippen LogP contribution in [0, 0.1) is 5.82 Å². The standard InChI is InChI=1S/C20H22ClFN4O3/c1-3-5-14(12-25(2)13-27)19-23-20(24-29-19)26-10-8-15(9-11-26)28-17-7-4-6-16(22)18(17)21/h3-7,12-13,15H,8-11H2,1-2H3/b5-3-,14-12+. The molecule has 0 saturated carbocycles. The van der Waals surface area contributed by atoms with Gasteiger partial charge in [-0.1, -0.05) is 29.8 Å². The zero-order valence-electron chi connectivity index (χ0n) is 16.2. The predicted octanol–water partition coefficient (Wildman–Crippen LogP) is 3.92. The van der Waals surface area contributed by atoms with Crippen LogP contribution in [0.15, 0.2) is 41.1 Å². The van der Waals surface area contributed by atoms with Crippen LogP contribution >= 0.6 is 11.6 Å². The van der Waals surface area contributed by atoms with E-state index in [-0.39, 0.29) is 11.1 Å². The number of benzene rings is 1. The van der Waals surface area contributed by atoms with Gasteiger partial charge in [0.1, 0.15) is 22.7 Å². The Balaban J connectivity index is 1.63. The third-order valence-corrected chi connectivity index (χ3v) is 4.82. The number of nitrogens with zero attached hydrogens (tertiary/aromatic N) is 4. The number of hydrogen-bond acceptors (Lipinski definition) is 6. The molecule has 0 unspecified atom stereocenters. The number of carbonyl (C=O) groups excluding carboxylic acids is 1. The van der Waals surface area contributed by atoms with Gasteiger partial charge in [-0.3, -0.25) is 4.79 Å². The van der Waals surface area contributed by atoms with E-state index >= 15 is 0 Å². The van der Waals surface area contributed by atoms with Crippen molar-refractivity contribution < 1.29 is 18.4 Å². The number of halogens is 2. The van der Waals surface area contributed by atoms with E-state index in [1.54, 1.807) is 31.5 Å². The first kappa shape index (κ1) is 20.9. The number of anilines is 1. The molecule has 1 aromatic heterocycles. The molecule has 0 N–H and O–H groups in total. The van der Waals surface area contributed by atoms with E-state index in [1.807, 2.05) is 17.9 Å². The second-order valence-corrected chi connectivity index (χ2v) is 6.99. The van der Waals surface area contributed by atoms with Crippen molar-refractivity contribution in [1.82, 2.24) is 15.0 Å². The van der Waals surface area contributed by atoms with Crippen LogP contribution in [0.5, 0.6) is 5.75 Å². The summed E-state index contributed by atoms with van der Waals surface area (Å²) in [6, 6.07) is 4.54. The summed E-state index contributed by atoms with van der Waals surface area (Å²) < 4.78 is 24.8. The summed E-state index contributed by atoms with van der Waals surface area (Å²) in [5.74, 6) is 0.668. The molecule has 1 aromatic carbocycles. The first-order valence-electron chi connectivity index (χ1n) is 9.23. The number of rotatable bonds is 7. The maximum absolute atomic E-state index is 13.6. The van der Waals surface area contributed by atoms with Gasteiger partial charge in [-0.05, 0) is 24.2 Å². The lowest BCUT2D eigenvalue weighted by Crippen LogP contribution is -2.38. The third-order valence-electron chi connectivity index (χ3n) is 4.45. The van der Waals surface area contributed by atoms with Gasteiger partial charge < -0.3 is 19.1 Å². The molecule has 154 valence electrons. The molecule has 3 rings (SSSR count). The monoisotopic (exact) mass is 420 g/mol. The van der Waals surface area contributed by atoms with Crippen LogP contribution in [0.1, 0.15) is 25.7 Å². The summed E-state index contributed by atoms with van der Waals surface area (Å²) in [5, 5.41) is 4.06. The molecule has 1 aliphatic heterocycles. The van der Waals surface area contributed by atoms with Crippen molar-refractivity contribution in [3.05, 3.63) is 53.3 Å². The first-order chi connectivity index (χ1) is 14.0. The van der Waals surface area contributed by atoms with Gasteiger partial charge in [0.2, 0.25) is 6.41 Å². The van der Waals surface area contributed by atoms with Crippen molar-refractivity contribution in [2.45, 2.75) is 25.9 Å². The second kappa shape index (κ2) is 9.56. The van der Waals surface area contributed by atoms with E-state index in [0.717, 1.165) is 0 Å². The summed E-state index contributed by atoms with van der Waals surface area (Å²) in [7, 11) is 1.63. The van der Waals surface area contributed by atoms with Crippen LogP contribution in [0.2, 0.25) is 5.02 Å². The molecular formula is C20H22ClFN4O3. The van der Waals surface area contributed by atoms with Gasteiger partial charge in [-0.2, -0.15) is 4.98 Å². The maximum atomic E-state index is 13.6. The fourth-order valence-electron chi connectivity index (χ4n) is 2.99. The molecule has 1 aliphatic rings. The van der Waals surface area contributed by atoms with Crippen LogP contribution in [-0.2, 0) is 4.79 Å². The van der Waals surface area contributed by atoms with E-state index in [2.05, 4.69) is 10.1 Å². The number of piperidine rings is 1. The van der Waals surface area contributed by atoms with Gasteiger partial charge >= 0.3 is 0 Å². The number of allylic oxidation sites excluding steroid dienone is 3. The lowest BCUT2D eigenvalue weighted by molar-refractivity contribution is -0.114. The van der Waals surface area contributed by atoms with E-state index in [1.165, 1.54) is 11.0 Å². The molecule has 29 heavy (non-hydrogen) atoms. The van der Waals surface area contributed by atoms with Crippen molar-refractivity contribution in [2.24, 2.45) is 0 Å². The van der Waals surface area contributed by atoms with Crippen molar-refractivity contribution in [1.29, 1.82) is 0 Å². The number of amides is 1. The summed E-state index contributed by atoms with van der Waals surface area (Å²) in [4.78, 5) is 18.7. The Labute approximate surface area is 173 Å². The average Bonchev–Trinajstić information content (AvgIpc) is 3.21. The summed E-state index contributed by atoms with van der Waals surface area (Å²) in [5.41, 5.74) is 0.639. The van der Waals surface area contributed by atoms with Gasteiger partial charge in [0.05, 0.1) is 5.57 Å². The SMILES string of the molecule is C/C=C\C(=C/N(C)C=O)c1nc(N2CCC(Oc3cccc(F)c3Cl)CC2)no1. The molecule has 0 aliphatic carbocycles. The van der Waals surface area contributed by atoms with Crippen molar-refractivity contribution in [2.75, 3.05) is 25.0 Å². The second-order valence-electron chi connectivity index (χ2n) is 6.61. The molecule has 1 fully saturated rings. The highest BCUT2D eigenvalue weighted by Crippen LogP contribution is 2.30. The fraction of sp³-hybridized carbons (Fsp3) is 0.350. The van der Waals surface area contributed by atoms with Crippen molar-refractivity contribution >= 4 is 29.5 Å². The molecule has 2 aromatic rings. The first-order valence-corrected chi connectivity index (χ1v) is 9.61. The highest BCUT2D eigenvalue weighted by molar-refractivity contribution is 6.32. The highest BCUT2D eigenvalue weighted by Gasteiger charge is 2.25. The number of carbonyl (C=O) groups is 1. The summed E-state index contributed by atoms with van der Waals surface area (Å²) in [6.45, 7) is 3.18. The van der Waals surface area contributed by atoms with E-state index in [0.29, 0.717) is 55.5 Å². The molecule has 0 atom stereocenters. The Hall–Kier alpha value is -2.87. The van der Waals surface area contributed by atoms with Gasteiger partial charge in [0, 0.05) is 39.2 Å². The number of ether oxygens (including phenoxy) is 1. The molecule has 9 heteroatoms. The minimum atomic E-state index is -0.494. The van der Waals surface area contributed by atoms with Crippen LogP contribution in [0.4, 0.5) is 10.3 Å². The maximum Gasteiger partial charge on any atom is 0.266 e. The predicted molar refractivity (Wildman–Crippen MR) is 108 cm³/mol. The third kappa shape index (κ3) is 5.14.